The number of unbranched alkanes of at least 4 members (excludes halogenated alkanes) is 6. The fraction of sp³-hybridized carbons (Fsp3) is 0.171. The molecule has 0 atom stereocenters. The Morgan fingerprint density at radius 2 is 0.583 bits per heavy atom. The van der Waals surface area contributed by atoms with E-state index >= 15 is 0 Å². The number of thiophene rings is 2. The molecule has 11 aromatic carbocycles. The van der Waals surface area contributed by atoms with Crippen LogP contribution in [-0.2, 0) is 12.8 Å². The van der Waals surface area contributed by atoms with E-state index < -0.39 is 0 Å². The van der Waals surface area contributed by atoms with E-state index in [-0.39, 0.29) is 0 Å². The van der Waals surface area contributed by atoms with E-state index in [0.717, 1.165) is 0 Å². The van der Waals surface area contributed by atoms with Gasteiger partial charge < -0.3 is 0 Å². The van der Waals surface area contributed by atoms with Gasteiger partial charge in [0.1, 0.15) is 0 Å². The summed E-state index contributed by atoms with van der Waals surface area (Å²) in [5.74, 6) is 0. The molecule has 350 valence electrons. The molecule has 0 amide bonds. The summed E-state index contributed by atoms with van der Waals surface area (Å²) in [6.45, 7) is 4.56. The SMILES string of the molecule is CCCCCCc1ccc2cc3cc4cc(/C=C/c5cc6cc7cc8cc9sc(/C=C/c%10ccc%11cc%12cc%13cc(CCCCCC)ccc%13cc%12cc%11c%10)cc9cc8cc7cc6s5)ccc4cc3cc2c1. The number of hydrogen-bond acceptors (Lipinski definition) is 2. The Labute approximate surface area is 430 Å². The Hall–Kier alpha value is -7.10. The van der Waals surface area contributed by atoms with Crippen molar-refractivity contribution in [3.05, 3.63) is 202 Å². The number of benzene rings is 11. The summed E-state index contributed by atoms with van der Waals surface area (Å²) in [6, 6.07) is 65.8. The molecule has 0 fully saturated rings. The molecule has 0 saturated carbocycles. The van der Waals surface area contributed by atoms with Crippen molar-refractivity contribution in [2.45, 2.75) is 78.1 Å². The molecule has 0 aliphatic heterocycles. The second kappa shape index (κ2) is 19.1. The van der Waals surface area contributed by atoms with Crippen LogP contribution in [0, 0.1) is 0 Å². The van der Waals surface area contributed by atoms with Crippen LogP contribution in [0.3, 0.4) is 0 Å². The molecule has 72 heavy (non-hydrogen) atoms. The highest BCUT2D eigenvalue weighted by Crippen LogP contribution is 2.38. The van der Waals surface area contributed by atoms with Gasteiger partial charge in [-0.3, -0.25) is 0 Å². The van der Waals surface area contributed by atoms with Crippen LogP contribution in [0.2, 0.25) is 0 Å². The third kappa shape index (κ3) is 9.08. The van der Waals surface area contributed by atoms with Gasteiger partial charge in [0.05, 0.1) is 0 Å². The largest absolute Gasteiger partial charge is 0.136 e. The predicted molar refractivity (Wildman–Crippen MR) is 324 cm³/mol. The van der Waals surface area contributed by atoms with Gasteiger partial charge in [0.25, 0.3) is 0 Å². The smallest absolute Gasteiger partial charge is 0.0355 e. The maximum atomic E-state index is 2.41. The summed E-state index contributed by atoms with van der Waals surface area (Å²) in [5, 5.41) is 23.5. The van der Waals surface area contributed by atoms with Crippen LogP contribution in [-0.4, -0.2) is 0 Å². The van der Waals surface area contributed by atoms with E-state index in [0.29, 0.717) is 0 Å². The van der Waals surface area contributed by atoms with Gasteiger partial charge in [-0.25, -0.2) is 0 Å². The maximum absolute atomic E-state index is 2.41. The van der Waals surface area contributed by atoms with Crippen molar-refractivity contribution in [2.75, 3.05) is 0 Å². The minimum Gasteiger partial charge on any atom is -0.136 e. The Bertz CT molecular complexity index is 3940. The minimum absolute atomic E-state index is 1.17. The molecule has 0 N–H and O–H groups in total. The number of fused-ring (bicyclic) bond motifs is 10. The second-order valence-electron chi connectivity index (χ2n) is 20.6. The monoisotopic (exact) mass is 962 g/mol. The topological polar surface area (TPSA) is 0 Å². The van der Waals surface area contributed by atoms with E-state index in [1.54, 1.807) is 0 Å². The fourth-order valence-electron chi connectivity index (χ4n) is 11.3. The first-order valence-corrected chi connectivity index (χ1v) is 28.1. The molecule has 0 bridgehead atoms. The van der Waals surface area contributed by atoms with Gasteiger partial charge in [0.15, 0.2) is 0 Å². The summed E-state index contributed by atoms with van der Waals surface area (Å²) >= 11 is 3.74. The first-order valence-electron chi connectivity index (χ1n) is 26.4. The molecule has 0 aliphatic rings. The lowest BCUT2D eigenvalue weighted by Crippen LogP contribution is -1.87. The molecule has 2 aromatic heterocycles. The van der Waals surface area contributed by atoms with Crippen molar-refractivity contribution in [3.8, 4) is 0 Å². The summed E-state index contributed by atoms with van der Waals surface area (Å²) in [5.41, 5.74) is 5.36. The fourth-order valence-corrected chi connectivity index (χ4v) is 13.3. The first-order chi connectivity index (χ1) is 35.4. The molecule has 13 rings (SSSR count). The molecule has 0 unspecified atom stereocenters. The lowest BCUT2D eigenvalue weighted by Gasteiger charge is -2.08. The third-order valence-electron chi connectivity index (χ3n) is 15.3. The summed E-state index contributed by atoms with van der Waals surface area (Å²) in [7, 11) is 0. The van der Waals surface area contributed by atoms with E-state index in [1.807, 2.05) is 22.7 Å². The number of aryl methyl sites for hydroxylation is 2. The van der Waals surface area contributed by atoms with Crippen molar-refractivity contribution >= 4 is 153 Å². The van der Waals surface area contributed by atoms with Crippen LogP contribution in [0.25, 0.3) is 131 Å². The lowest BCUT2D eigenvalue weighted by atomic mass is 9.96. The van der Waals surface area contributed by atoms with Crippen molar-refractivity contribution in [1.29, 1.82) is 0 Å². The van der Waals surface area contributed by atoms with Gasteiger partial charge in [0.2, 0.25) is 0 Å². The molecular weight excluding hydrogens is 905 g/mol. The Morgan fingerprint density at radius 1 is 0.264 bits per heavy atom. The zero-order chi connectivity index (χ0) is 48.1. The highest BCUT2D eigenvalue weighted by Gasteiger charge is 2.10. The van der Waals surface area contributed by atoms with Crippen LogP contribution < -0.4 is 0 Å². The van der Waals surface area contributed by atoms with Crippen molar-refractivity contribution in [1.82, 2.24) is 0 Å². The van der Waals surface area contributed by atoms with Crippen molar-refractivity contribution < 1.29 is 0 Å². The Morgan fingerprint density at radius 3 is 0.972 bits per heavy atom. The van der Waals surface area contributed by atoms with Crippen molar-refractivity contribution in [2.24, 2.45) is 0 Å². The molecule has 13 aromatic rings. The van der Waals surface area contributed by atoms with Gasteiger partial charge in [-0.1, -0.05) is 125 Å². The van der Waals surface area contributed by atoms with Crippen LogP contribution in [0.15, 0.2) is 170 Å². The van der Waals surface area contributed by atoms with E-state index in [9.17, 15) is 0 Å². The zero-order valence-electron chi connectivity index (χ0n) is 41.4. The summed E-state index contributed by atoms with van der Waals surface area (Å²) < 4.78 is 2.65. The van der Waals surface area contributed by atoms with Gasteiger partial charge in [-0.05, 0) is 266 Å². The van der Waals surface area contributed by atoms with Gasteiger partial charge in [0, 0.05) is 19.2 Å². The molecule has 2 heterocycles. The zero-order valence-corrected chi connectivity index (χ0v) is 43.0. The van der Waals surface area contributed by atoms with Crippen LogP contribution in [0.1, 0.15) is 97.2 Å². The van der Waals surface area contributed by atoms with E-state index in [4.69, 9.17) is 0 Å². The summed E-state index contributed by atoms with van der Waals surface area (Å²) in [6.07, 6.45) is 21.9. The minimum atomic E-state index is 1.17. The molecular formula is C70H58S2. The van der Waals surface area contributed by atoms with E-state index in [2.05, 4.69) is 208 Å². The number of hydrogen-bond donors (Lipinski definition) is 0. The predicted octanol–water partition coefficient (Wildman–Crippen LogP) is 21.9. The molecule has 2 heteroatoms. The van der Waals surface area contributed by atoms with E-state index in [1.165, 1.54) is 203 Å². The molecule has 0 saturated heterocycles. The quantitative estimate of drug-likeness (QED) is 0.0753. The normalized spacial score (nSPS) is 12.5. The molecule has 0 aliphatic carbocycles. The third-order valence-corrected chi connectivity index (χ3v) is 17.4. The van der Waals surface area contributed by atoms with Crippen LogP contribution >= 0.6 is 22.7 Å². The number of rotatable bonds is 14. The average Bonchev–Trinajstić information content (AvgIpc) is 3.99. The van der Waals surface area contributed by atoms with Crippen LogP contribution in [0.4, 0.5) is 0 Å². The Kier molecular flexibility index (Phi) is 11.9. The summed E-state index contributed by atoms with van der Waals surface area (Å²) in [4.78, 5) is 2.54. The second-order valence-corrected chi connectivity index (χ2v) is 22.8. The highest BCUT2D eigenvalue weighted by atomic mass is 32.1. The molecule has 0 nitrogen and oxygen atoms in total. The van der Waals surface area contributed by atoms with Crippen molar-refractivity contribution in [3.63, 3.8) is 0 Å². The molecule has 0 radical (unpaired) electrons. The average molecular weight is 963 g/mol. The Balaban J connectivity index is 0.715. The van der Waals surface area contributed by atoms with Gasteiger partial charge in [-0.2, -0.15) is 0 Å². The van der Waals surface area contributed by atoms with Gasteiger partial charge in [-0.15, -0.1) is 22.7 Å². The first kappa shape index (κ1) is 44.8. The van der Waals surface area contributed by atoms with Crippen LogP contribution in [0.5, 0.6) is 0 Å². The molecule has 0 spiro atoms. The standard InChI is InChI=1S/C70H58S2/c1-3-5-7-9-11-45-13-19-49-29-59-35-55-27-47(15-21-51(55)31-57(59)33-53(49)25-45)17-23-67-41-65-39-61-37-64-44-70-66(40-62(64)38-63(61)43-69(65)71-67)42-68(72-70)24-18-48-16-22-52-32-58-34-54-26-46(12-10-8-6-4-2)14-20-50(54)30-60(58)36-56(52)28-48/h13-44H,3-12H2,1-2H3/b23-17+,24-18+. The maximum Gasteiger partial charge on any atom is 0.0355 e. The van der Waals surface area contributed by atoms with Gasteiger partial charge >= 0.3 is 0 Å². The lowest BCUT2D eigenvalue weighted by molar-refractivity contribution is 0.667. The highest BCUT2D eigenvalue weighted by molar-refractivity contribution is 7.20.